The SMILES string of the molecule is N[C@@H]1CCCN(c2nc3c([N+](=O)[O-])c(Br)c(Br)cc3n2CC2CC2)C1. The molecule has 0 radical (unpaired) electrons. The first-order chi connectivity index (χ1) is 12.0. The molecule has 1 atom stereocenters. The molecule has 0 bridgehead atoms. The van der Waals surface area contributed by atoms with E-state index in [9.17, 15) is 10.1 Å². The van der Waals surface area contributed by atoms with Crippen LogP contribution in [-0.2, 0) is 6.54 Å². The Morgan fingerprint density at radius 3 is 2.76 bits per heavy atom. The van der Waals surface area contributed by atoms with Crippen LogP contribution in [0.1, 0.15) is 25.7 Å². The van der Waals surface area contributed by atoms with Gasteiger partial charge < -0.3 is 15.2 Å². The van der Waals surface area contributed by atoms with Crippen LogP contribution in [0.15, 0.2) is 15.0 Å². The smallest absolute Gasteiger partial charge is 0.312 e. The molecule has 2 fully saturated rings. The fourth-order valence-corrected chi connectivity index (χ4v) is 4.36. The molecule has 2 aromatic rings. The highest BCUT2D eigenvalue weighted by Gasteiger charge is 2.31. The van der Waals surface area contributed by atoms with E-state index in [0.717, 1.165) is 43.9 Å². The summed E-state index contributed by atoms with van der Waals surface area (Å²) < 4.78 is 3.25. The van der Waals surface area contributed by atoms with Crippen molar-refractivity contribution in [2.45, 2.75) is 38.3 Å². The van der Waals surface area contributed by atoms with Crippen LogP contribution in [-0.4, -0.2) is 33.6 Å². The fraction of sp³-hybridized carbons (Fsp3) is 0.562. The van der Waals surface area contributed by atoms with Crippen molar-refractivity contribution in [3.05, 3.63) is 25.1 Å². The Labute approximate surface area is 162 Å². The Kier molecular flexibility index (Phi) is 4.49. The number of nitro groups is 1. The molecule has 0 amide bonds. The average Bonchev–Trinajstić information content (AvgIpc) is 3.31. The predicted molar refractivity (Wildman–Crippen MR) is 104 cm³/mol. The number of fused-ring (bicyclic) bond motifs is 1. The van der Waals surface area contributed by atoms with Crippen LogP contribution in [0.5, 0.6) is 0 Å². The molecule has 1 aliphatic heterocycles. The lowest BCUT2D eigenvalue weighted by Crippen LogP contribution is -2.44. The zero-order chi connectivity index (χ0) is 17.7. The summed E-state index contributed by atoms with van der Waals surface area (Å²) in [7, 11) is 0. The Morgan fingerprint density at radius 1 is 1.36 bits per heavy atom. The quantitative estimate of drug-likeness (QED) is 0.539. The molecule has 7 nitrogen and oxygen atoms in total. The van der Waals surface area contributed by atoms with Gasteiger partial charge in [-0.25, -0.2) is 4.98 Å². The van der Waals surface area contributed by atoms with E-state index in [1.54, 1.807) is 0 Å². The Balaban J connectivity index is 1.91. The second-order valence-electron chi connectivity index (χ2n) is 6.96. The first-order valence-corrected chi connectivity index (χ1v) is 10.1. The van der Waals surface area contributed by atoms with E-state index < -0.39 is 0 Å². The highest BCUT2D eigenvalue weighted by atomic mass is 79.9. The molecule has 25 heavy (non-hydrogen) atoms. The number of benzene rings is 1. The zero-order valence-corrected chi connectivity index (χ0v) is 16.8. The van der Waals surface area contributed by atoms with Gasteiger partial charge in [-0.1, -0.05) is 0 Å². The number of nitrogens with two attached hydrogens (primary N) is 1. The fourth-order valence-electron chi connectivity index (χ4n) is 3.51. The molecule has 4 rings (SSSR count). The number of hydrogen-bond donors (Lipinski definition) is 1. The van der Waals surface area contributed by atoms with E-state index in [4.69, 9.17) is 10.7 Å². The maximum Gasteiger partial charge on any atom is 0.312 e. The standard InChI is InChI=1S/C16H19Br2N5O2/c17-11-6-12-14(15(13(11)18)23(24)25)20-16(22(12)7-9-3-4-9)21-5-1-2-10(19)8-21/h6,9-10H,1-5,7-8,19H2/t10-/m1/s1. The lowest BCUT2D eigenvalue weighted by molar-refractivity contribution is -0.384. The predicted octanol–water partition coefficient (Wildman–Crippen LogP) is 3.81. The number of anilines is 1. The zero-order valence-electron chi connectivity index (χ0n) is 13.6. The van der Waals surface area contributed by atoms with Crippen LogP contribution in [0.25, 0.3) is 11.0 Å². The second kappa shape index (κ2) is 6.51. The van der Waals surface area contributed by atoms with Gasteiger partial charge in [0.2, 0.25) is 5.95 Å². The van der Waals surface area contributed by atoms with Gasteiger partial charge >= 0.3 is 5.69 Å². The van der Waals surface area contributed by atoms with Crippen LogP contribution < -0.4 is 10.6 Å². The first kappa shape index (κ1) is 17.2. The summed E-state index contributed by atoms with van der Waals surface area (Å²) >= 11 is 6.77. The van der Waals surface area contributed by atoms with Gasteiger partial charge in [-0.15, -0.1) is 0 Å². The van der Waals surface area contributed by atoms with E-state index in [1.807, 2.05) is 6.07 Å². The van der Waals surface area contributed by atoms with E-state index >= 15 is 0 Å². The van der Waals surface area contributed by atoms with Crippen LogP contribution in [0.2, 0.25) is 0 Å². The number of nitrogens with zero attached hydrogens (tertiary/aromatic N) is 4. The minimum Gasteiger partial charge on any atom is -0.341 e. The summed E-state index contributed by atoms with van der Waals surface area (Å²) in [5, 5.41) is 11.6. The number of hydrogen-bond acceptors (Lipinski definition) is 5. The van der Waals surface area contributed by atoms with E-state index in [0.29, 0.717) is 20.4 Å². The van der Waals surface area contributed by atoms with Gasteiger partial charge in [0.05, 0.1) is 10.4 Å². The molecule has 0 spiro atoms. The van der Waals surface area contributed by atoms with Gasteiger partial charge in [-0.05, 0) is 69.5 Å². The largest absolute Gasteiger partial charge is 0.341 e. The van der Waals surface area contributed by atoms with Crippen molar-refractivity contribution in [3.8, 4) is 0 Å². The first-order valence-electron chi connectivity index (χ1n) is 8.49. The number of aromatic nitrogens is 2. The highest BCUT2D eigenvalue weighted by molar-refractivity contribution is 9.13. The van der Waals surface area contributed by atoms with Crippen LogP contribution in [0.4, 0.5) is 11.6 Å². The summed E-state index contributed by atoms with van der Waals surface area (Å²) in [4.78, 5) is 18.2. The molecule has 1 aliphatic carbocycles. The molecule has 9 heteroatoms. The lowest BCUT2D eigenvalue weighted by atomic mass is 10.1. The van der Waals surface area contributed by atoms with Crippen molar-refractivity contribution in [2.24, 2.45) is 11.7 Å². The van der Waals surface area contributed by atoms with Crippen molar-refractivity contribution in [3.63, 3.8) is 0 Å². The molecule has 1 aromatic heterocycles. The third-order valence-corrected chi connectivity index (χ3v) is 6.91. The number of imidazole rings is 1. The summed E-state index contributed by atoms with van der Waals surface area (Å²) in [5.74, 6) is 1.45. The normalized spacial score (nSPS) is 21.1. The highest BCUT2D eigenvalue weighted by Crippen LogP contribution is 2.42. The molecule has 1 saturated carbocycles. The van der Waals surface area contributed by atoms with Crippen LogP contribution in [0.3, 0.4) is 0 Å². The molecule has 1 aromatic carbocycles. The minimum absolute atomic E-state index is 0.0153. The van der Waals surface area contributed by atoms with E-state index in [-0.39, 0.29) is 16.7 Å². The van der Waals surface area contributed by atoms with Gasteiger partial charge in [0.25, 0.3) is 0 Å². The Hall–Kier alpha value is -1.19. The van der Waals surface area contributed by atoms with Crippen LogP contribution in [0, 0.1) is 16.0 Å². The molecule has 0 unspecified atom stereocenters. The summed E-state index contributed by atoms with van der Waals surface area (Å²) in [6.07, 6.45) is 4.44. The maximum absolute atomic E-state index is 11.6. The van der Waals surface area contributed by atoms with Gasteiger partial charge in [0, 0.05) is 30.1 Å². The van der Waals surface area contributed by atoms with Gasteiger partial charge in [-0.3, -0.25) is 10.1 Å². The van der Waals surface area contributed by atoms with Crippen molar-refractivity contribution < 1.29 is 4.92 Å². The van der Waals surface area contributed by atoms with Crippen molar-refractivity contribution in [1.29, 1.82) is 0 Å². The minimum atomic E-state index is -0.364. The molecule has 1 saturated heterocycles. The van der Waals surface area contributed by atoms with Gasteiger partial charge in [0.15, 0.2) is 5.52 Å². The number of piperidine rings is 1. The molecule has 2 aliphatic rings. The third kappa shape index (κ3) is 3.17. The van der Waals surface area contributed by atoms with Crippen molar-refractivity contribution >= 4 is 54.5 Å². The van der Waals surface area contributed by atoms with Crippen molar-refractivity contribution in [1.82, 2.24) is 9.55 Å². The van der Waals surface area contributed by atoms with Gasteiger partial charge in [-0.2, -0.15) is 0 Å². The maximum atomic E-state index is 11.6. The molecule has 2 N–H and O–H groups in total. The second-order valence-corrected chi connectivity index (χ2v) is 8.61. The lowest BCUT2D eigenvalue weighted by Gasteiger charge is -2.32. The molecular weight excluding hydrogens is 454 g/mol. The Bertz CT molecular complexity index is 849. The Morgan fingerprint density at radius 2 is 2.12 bits per heavy atom. The van der Waals surface area contributed by atoms with Crippen molar-refractivity contribution in [2.75, 3.05) is 18.0 Å². The number of rotatable bonds is 4. The molecule has 2 heterocycles. The molecule has 134 valence electrons. The summed E-state index contributed by atoms with van der Waals surface area (Å²) in [5.41, 5.74) is 7.41. The summed E-state index contributed by atoms with van der Waals surface area (Å²) in [6, 6.07) is 2.05. The topological polar surface area (TPSA) is 90.2 Å². The monoisotopic (exact) mass is 471 g/mol. The average molecular weight is 473 g/mol. The summed E-state index contributed by atoms with van der Waals surface area (Å²) in [6.45, 7) is 2.48. The van der Waals surface area contributed by atoms with Gasteiger partial charge in [0.1, 0.15) is 4.47 Å². The van der Waals surface area contributed by atoms with Crippen LogP contribution >= 0.6 is 31.9 Å². The number of nitro benzene ring substituents is 1. The van der Waals surface area contributed by atoms with E-state index in [2.05, 4.69) is 41.3 Å². The third-order valence-electron chi connectivity index (χ3n) is 4.95. The number of halogens is 2. The van der Waals surface area contributed by atoms with E-state index in [1.165, 1.54) is 12.8 Å². The molecular formula is C16H19Br2N5O2.